The summed E-state index contributed by atoms with van der Waals surface area (Å²) >= 11 is 0. The molecular formula is C17H26O3. The molecule has 0 radical (unpaired) electrons. The summed E-state index contributed by atoms with van der Waals surface area (Å²) in [5, 5.41) is 0. The highest BCUT2D eigenvalue weighted by Gasteiger charge is 2.12. The van der Waals surface area contributed by atoms with Crippen molar-refractivity contribution >= 4 is 5.97 Å². The molecule has 112 valence electrons. The summed E-state index contributed by atoms with van der Waals surface area (Å²) in [5.74, 6) is 1.10. The molecule has 1 aromatic rings. The third kappa shape index (κ3) is 5.24. The second-order valence-corrected chi connectivity index (χ2v) is 5.59. The van der Waals surface area contributed by atoms with Crippen molar-refractivity contribution in [3.8, 4) is 5.75 Å². The lowest BCUT2D eigenvalue weighted by atomic mass is 9.98. The number of carbonyl (C=O) groups is 1. The third-order valence-electron chi connectivity index (χ3n) is 2.87. The van der Waals surface area contributed by atoms with Crippen LogP contribution in [0.3, 0.4) is 0 Å². The van der Waals surface area contributed by atoms with Crippen LogP contribution in [0, 0.1) is 0 Å². The average Bonchev–Trinajstić information content (AvgIpc) is 2.35. The Hall–Kier alpha value is -1.51. The molecule has 0 unspecified atom stereocenters. The van der Waals surface area contributed by atoms with Crippen LogP contribution in [-0.4, -0.2) is 18.7 Å². The lowest BCUT2D eigenvalue weighted by Gasteiger charge is -2.15. The maximum Gasteiger partial charge on any atom is 0.310 e. The number of benzene rings is 1. The highest BCUT2D eigenvalue weighted by atomic mass is 16.5. The maximum absolute atomic E-state index is 11.7. The van der Waals surface area contributed by atoms with E-state index < -0.39 is 0 Å². The quantitative estimate of drug-likeness (QED) is 0.705. The van der Waals surface area contributed by atoms with Crippen LogP contribution >= 0.6 is 0 Å². The smallest absolute Gasteiger partial charge is 0.310 e. The molecule has 0 saturated heterocycles. The van der Waals surface area contributed by atoms with Crippen LogP contribution in [0.1, 0.15) is 58.1 Å². The molecule has 0 amide bonds. The molecule has 0 aliphatic rings. The highest BCUT2D eigenvalue weighted by molar-refractivity contribution is 5.73. The first-order chi connectivity index (χ1) is 9.43. The molecule has 0 aliphatic carbocycles. The monoisotopic (exact) mass is 278 g/mol. The number of carbonyl (C=O) groups excluding carboxylic acids is 1. The van der Waals surface area contributed by atoms with E-state index >= 15 is 0 Å². The van der Waals surface area contributed by atoms with E-state index in [0.29, 0.717) is 18.9 Å². The fourth-order valence-corrected chi connectivity index (χ4v) is 1.97. The number of esters is 1. The summed E-state index contributed by atoms with van der Waals surface area (Å²) < 4.78 is 10.9. The maximum atomic E-state index is 11.7. The van der Waals surface area contributed by atoms with Crippen molar-refractivity contribution in [3.63, 3.8) is 0 Å². The number of hydrogen-bond donors (Lipinski definition) is 0. The van der Waals surface area contributed by atoms with E-state index in [2.05, 4.69) is 26.8 Å². The zero-order chi connectivity index (χ0) is 15.1. The summed E-state index contributed by atoms with van der Waals surface area (Å²) in [7, 11) is 0. The Morgan fingerprint density at radius 2 is 1.90 bits per heavy atom. The van der Waals surface area contributed by atoms with Crippen LogP contribution in [0.2, 0.25) is 0 Å². The fraction of sp³-hybridized carbons (Fsp3) is 0.588. The van der Waals surface area contributed by atoms with Crippen molar-refractivity contribution in [1.82, 2.24) is 0 Å². The van der Waals surface area contributed by atoms with Gasteiger partial charge in [-0.1, -0.05) is 32.9 Å². The van der Waals surface area contributed by atoms with E-state index in [1.165, 1.54) is 0 Å². The summed E-state index contributed by atoms with van der Waals surface area (Å²) in [6.45, 7) is 10.8. The van der Waals surface area contributed by atoms with Gasteiger partial charge in [-0.05, 0) is 43.4 Å². The Bertz CT molecular complexity index is 436. The largest absolute Gasteiger partial charge is 0.493 e. The molecule has 3 nitrogen and oxygen atoms in total. The minimum atomic E-state index is -0.183. The molecule has 0 aliphatic heterocycles. The molecule has 0 saturated carbocycles. The van der Waals surface area contributed by atoms with Crippen LogP contribution < -0.4 is 4.74 Å². The van der Waals surface area contributed by atoms with Gasteiger partial charge in [0.15, 0.2) is 0 Å². The van der Waals surface area contributed by atoms with Gasteiger partial charge >= 0.3 is 5.97 Å². The SMILES string of the molecule is CCCOc1ccc(CC(=O)OC(C)C)cc1C(C)C. The van der Waals surface area contributed by atoms with Crippen LogP contribution in [0.4, 0.5) is 0 Å². The van der Waals surface area contributed by atoms with Crippen molar-refractivity contribution in [2.24, 2.45) is 0 Å². The van der Waals surface area contributed by atoms with Gasteiger partial charge in [0.2, 0.25) is 0 Å². The summed E-state index contributed by atoms with van der Waals surface area (Å²) in [4.78, 5) is 11.7. The van der Waals surface area contributed by atoms with Crippen molar-refractivity contribution in [2.75, 3.05) is 6.61 Å². The Labute approximate surface area is 122 Å². The molecule has 0 bridgehead atoms. The molecule has 0 atom stereocenters. The molecule has 0 N–H and O–H groups in total. The van der Waals surface area contributed by atoms with Crippen LogP contribution in [0.5, 0.6) is 5.75 Å². The summed E-state index contributed by atoms with van der Waals surface area (Å²) in [5.41, 5.74) is 2.12. The molecule has 0 fully saturated rings. The van der Waals surface area contributed by atoms with Crippen LogP contribution in [-0.2, 0) is 16.0 Å². The van der Waals surface area contributed by atoms with Gasteiger partial charge in [-0.25, -0.2) is 0 Å². The Kier molecular flexibility index (Phi) is 6.56. The van der Waals surface area contributed by atoms with E-state index in [-0.39, 0.29) is 12.1 Å². The van der Waals surface area contributed by atoms with Crippen molar-refractivity contribution in [1.29, 1.82) is 0 Å². The Morgan fingerprint density at radius 3 is 2.45 bits per heavy atom. The van der Waals surface area contributed by atoms with Gasteiger partial charge in [-0.15, -0.1) is 0 Å². The molecule has 0 aromatic heterocycles. The van der Waals surface area contributed by atoms with Gasteiger partial charge in [0, 0.05) is 0 Å². The van der Waals surface area contributed by atoms with E-state index in [0.717, 1.165) is 23.3 Å². The van der Waals surface area contributed by atoms with Gasteiger partial charge in [0.25, 0.3) is 0 Å². The van der Waals surface area contributed by atoms with Crippen molar-refractivity contribution in [3.05, 3.63) is 29.3 Å². The first-order valence-electron chi connectivity index (χ1n) is 7.39. The summed E-state index contributed by atoms with van der Waals surface area (Å²) in [6.07, 6.45) is 1.23. The molecule has 0 spiro atoms. The van der Waals surface area contributed by atoms with Gasteiger partial charge < -0.3 is 9.47 Å². The predicted octanol–water partition coefficient (Wildman–Crippen LogP) is 4.09. The zero-order valence-electron chi connectivity index (χ0n) is 13.2. The minimum Gasteiger partial charge on any atom is -0.493 e. The first-order valence-corrected chi connectivity index (χ1v) is 7.39. The average molecular weight is 278 g/mol. The molecular weight excluding hydrogens is 252 g/mol. The number of ether oxygens (including phenoxy) is 2. The van der Waals surface area contributed by atoms with Gasteiger partial charge in [-0.2, -0.15) is 0 Å². The topological polar surface area (TPSA) is 35.5 Å². The molecule has 1 rings (SSSR count). The summed E-state index contributed by atoms with van der Waals surface area (Å²) in [6, 6.07) is 5.96. The first kappa shape index (κ1) is 16.5. The van der Waals surface area contributed by atoms with Crippen molar-refractivity contribution in [2.45, 2.75) is 59.5 Å². The normalized spacial score (nSPS) is 10.9. The Balaban J connectivity index is 2.84. The number of rotatable bonds is 7. The standard InChI is InChI=1S/C17H26O3/c1-6-9-19-16-8-7-14(10-15(16)12(2)3)11-17(18)20-13(4)5/h7-8,10,12-13H,6,9,11H2,1-5H3. The minimum absolute atomic E-state index is 0.0702. The van der Waals surface area contributed by atoms with E-state index in [4.69, 9.17) is 9.47 Å². The van der Waals surface area contributed by atoms with Crippen LogP contribution in [0.25, 0.3) is 0 Å². The van der Waals surface area contributed by atoms with Gasteiger partial charge in [0.1, 0.15) is 5.75 Å². The highest BCUT2D eigenvalue weighted by Crippen LogP contribution is 2.28. The molecule has 1 aromatic carbocycles. The lowest BCUT2D eigenvalue weighted by Crippen LogP contribution is -2.14. The molecule has 3 heteroatoms. The van der Waals surface area contributed by atoms with Crippen LogP contribution in [0.15, 0.2) is 18.2 Å². The second kappa shape index (κ2) is 7.93. The van der Waals surface area contributed by atoms with E-state index in [1.807, 2.05) is 26.0 Å². The van der Waals surface area contributed by atoms with Crippen molar-refractivity contribution < 1.29 is 14.3 Å². The van der Waals surface area contributed by atoms with E-state index in [1.54, 1.807) is 0 Å². The molecule has 0 heterocycles. The fourth-order valence-electron chi connectivity index (χ4n) is 1.97. The lowest BCUT2D eigenvalue weighted by molar-refractivity contribution is -0.146. The predicted molar refractivity (Wildman–Crippen MR) is 81.2 cm³/mol. The van der Waals surface area contributed by atoms with Gasteiger partial charge in [0.05, 0.1) is 19.1 Å². The van der Waals surface area contributed by atoms with Gasteiger partial charge in [-0.3, -0.25) is 4.79 Å². The molecule has 20 heavy (non-hydrogen) atoms. The number of hydrogen-bond acceptors (Lipinski definition) is 3. The Morgan fingerprint density at radius 1 is 1.20 bits per heavy atom. The third-order valence-corrected chi connectivity index (χ3v) is 2.87. The second-order valence-electron chi connectivity index (χ2n) is 5.59. The zero-order valence-corrected chi connectivity index (χ0v) is 13.2. The van der Waals surface area contributed by atoms with E-state index in [9.17, 15) is 4.79 Å².